The number of halogens is 2. The van der Waals surface area contributed by atoms with Crippen LogP contribution in [0.15, 0.2) is 48.5 Å². The van der Waals surface area contributed by atoms with Crippen molar-refractivity contribution in [2.75, 3.05) is 0 Å². The Balaban J connectivity index is 2.30. The number of hydrogen-bond acceptors (Lipinski definition) is 1. The zero-order chi connectivity index (χ0) is 13.9. The second kappa shape index (κ2) is 5.21. The van der Waals surface area contributed by atoms with E-state index in [-0.39, 0.29) is 0 Å². The lowest BCUT2D eigenvalue weighted by Gasteiger charge is -2.16. The molecular formula is C16H12F2O. The molecule has 0 aliphatic heterocycles. The van der Waals surface area contributed by atoms with Gasteiger partial charge >= 0.3 is 0 Å². The molecule has 0 radical (unpaired) electrons. The summed E-state index contributed by atoms with van der Waals surface area (Å²) in [5.74, 6) is 3.43. The van der Waals surface area contributed by atoms with E-state index in [2.05, 4.69) is 11.8 Å². The Kier molecular flexibility index (Phi) is 3.64. The lowest BCUT2D eigenvalue weighted by molar-refractivity contribution is 0.122. The first-order valence-electron chi connectivity index (χ1n) is 5.75. The SMILES string of the molecule is CC(O)(C#Cc1ccc(F)c(F)c1)c1ccccc1. The van der Waals surface area contributed by atoms with Crippen LogP contribution in [0.4, 0.5) is 8.78 Å². The summed E-state index contributed by atoms with van der Waals surface area (Å²) in [5, 5.41) is 10.2. The molecule has 1 N–H and O–H groups in total. The van der Waals surface area contributed by atoms with Crippen molar-refractivity contribution < 1.29 is 13.9 Å². The van der Waals surface area contributed by atoms with Crippen molar-refractivity contribution in [1.29, 1.82) is 0 Å². The van der Waals surface area contributed by atoms with Gasteiger partial charge in [0.25, 0.3) is 0 Å². The fourth-order valence-corrected chi connectivity index (χ4v) is 1.60. The van der Waals surface area contributed by atoms with Crippen LogP contribution >= 0.6 is 0 Å². The molecule has 0 aliphatic carbocycles. The minimum absolute atomic E-state index is 0.315. The van der Waals surface area contributed by atoms with Crippen LogP contribution in [-0.4, -0.2) is 5.11 Å². The van der Waals surface area contributed by atoms with E-state index in [1.165, 1.54) is 6.07 Å². The van der Waals surface area contributed by atoms with Gasteiger partial charge in [0.2, 0.25) is 0 Å². The molecule has 0 aromatic heterocycles. The van der Waals surface area contributed by atoms with Gasteiger partial charge < -0.3 is 5.11 Å². The van der Waals surface area contributed by atoms with Crippen molar-refractivity contribution in [3.8, 4) is 11.8 Å². The smallest absolute Gasteiger partial charge is 0.160 e. The largest absolute Gasteiger partial charge is 0.374 e. The molecule has 0 bridgehead atoms. The van der Waals surface area contributed by atoms with E-state index in [4.69, 9.17) is 0 Å². The van der Waals surface area contributed by atoms with Crippen LogP contribution in [0.1, 0.15) is 18.1 Å². The molecular weight excluding hydrogens is 246 g/mol. The van der Waals surface area contributed by atoms with Crippen molar-refractivity contribution in [3.05, 3.63) is 71.3 Å². The molecule has 2 aromatic rings. The summed E-state index contributed by atoms with van der Waals surface area (Å²) in [6.07, 6.45) is 0. The van der Waals surface area contributed by atoms with Crippen molar-refractivity contribution in [2.45, 2.75) is 12.5 Å². The summed E-state index contributed by atoms with van der Waals surface area (Å²) in [5.41, 5.74) is -0.383. The quantitative estimate of drug-likeness (QED) is 0.779. The van der Waals surface area contributed by atoms with Gasteiger partial charge in [-0.25, -0.2) is 8.78 Å². The van der Waals surface area contributed by atoms with E-state index in [0.29, 0.717) is 11.1 Å². The lowest BCUT2D eigenvalue weighted by atomic mass is 9.96. The van der Waals surface area contributed by atoms with Crippen molar-refractivity contribution >= 4 is 0 Å². The van der Waals surface area contributed by atoms with Gasteiger partial charge in [0.15, 0.2) is 11.6 Å². The molecule has 19 heavy (non-hydrogen) atoms. The summed E-state index contributed by atoms with van der Waals surface area (Å²) in [7, 11) is 0. The minimum Gasteiger partial charge on any atom is -0.374 e. The van der Waals surface area contributed by atoms with Gasteiger partial charge in [-0.1, -0.05) is 42.2 Å². The predicted octanol–water partition coefficient (Wildman–Crippen LogP) is 3.22. The molecule has 0 fully saturated rings. The molecule has 1 nitrogen and oxygen atoms in total. The Bertz CT molecular complexity index is 637. The standard InChI is InChI=1S/C16H12F2O/c1-16(19,13-5-3-2-4-6-13)10-9-12-7-8-14(17)15(18)11-12/h2-8,11,19H,1H3. The monoisotopic (exact) mass is 258 g/mol. The van der Waals surface area contributed by atoms with Gasteiger partial charge in [0.05, 0.1) is 0 Å². The molecule has 2 aromatic carbocycles. The van der Waals surface area contributed by atoms with Crippen LogP contribution in [0.2, 0.25) is 0 Å². The first kappa shape index (κ1) is 13.3. The third kappa shape index (κ3) is 3.18. The number of aliphatic hydroxyl groups is 1. The first-order chi connectivity index (χ1) is 8.99. The highest BCUT2D eigenvalue weighted by Gasteiger charge is 2.19. The Morgan fingerprint density at radius 3 is 2.32 bits per heavy atom. The van der Waals surface area contributed by atoms with E-state index < -0.39 is 17.2 Å². The summed E-state index contributed by atoms with van der Waals surface area (Å²) >= 11 is 0. The Labute approximate surface area is 110 Å². The summed E-state index contributed by atoms with van der Waals surface area (Å²) < 4.78 is 25.8. The van der Waals surface area contributed by atoms with Gasteiger partial charge in [0, 0.05) is 5.56 Å². The molecule has 2 rings (SSSR count). The average Bonchev–Trinajstić information content (AvgIpc) is 2.41. The van der Waals surface area contributed by atoms with Gasteiger partial charge in [-0.05, 0) is 30.7 Å². The van der Waals surface area contributed by atoms with E-state index >= 15 is 0 Å². The van der Waals surface area contributed by atoms with Crippen LogP contribution in [0, 0.1) is 23.5 Å². The Morgan fingerprint density at radius 1 is 1.00 bits per heavy atom. The van der Waals surface area contributed by atoms with Crippen LogP contribution in [-0.2, 0) is 5.60 Å². The summed E-state index contributed by atoms with van der Waals surface area (Å²) in [6, 6.07) is 12.3. The fraction of sp³-hybridized carbons (Fsp3) is 0.125. The predicted molar refractivity (Wildman–Crippen MR) is 69.2 cm³/mol. The third-order valence-electron chi connectivity index (χ3n) is 2.71. The maximum absolute atomic E-state index is 13.0. The zero-order valence-corrected chi connectivity index (χ0v) is 10.3. The zero-order valence-electron chi connectivity index (χ0n) is 10.3. The van der Waals surface area contributed by atoms with Gasteiger partial charge in [-0.3, -0.25) is 0 Å². The van der Waals surface area contributed by atoms with Gasteiger partial charge in [-0.15, -0.1) is 0 Å². The first-order valence-corrected chi connectivity index (χ1v) is 5.75. The minimum atomic E-state index is -1.34. The highest BCUT2D eigenvalue weighted by Crippen LogP contribution is 2.19. The molecule has 0 spiro atoms. The van der Waals surface area contributed by atoms with Crippen LogP contribution in [0.3, 0.4) is 0 Å². The van der Waals surface area contributed by atoms with Crippen molar-refractivity contribution in [1.82, 2.24) is 0 Å². The molecule has 3 heteroatoms. The van der Waals surface area contributed by atoms with Gasteiger partial charge in [0.1, 0.15) is 5.60 Å². The fourth-order valence-electron chi connectivity index (χ4n) is 1.60. The lowest BCUT2D eigenvalue weighted by Crippen LogP contribution is -2.18. The topological polar surface area (TPSA) is 20.2 Å². The second-order valence-electron chi connectivity index (χ2n) is 4.32. The normalized spacial score (nSPS) is 13.3. The summed E-state index contributed by atoms with van der Waals surface area (Å²) in [4.78, 5) is 0. The summed E-state index contributed by atoms with van der Waals surface area (Å²) in [6.45, 7) is 1.55. The maximum atomic E-state index is 13.0. The molecule has 1 atom stereocenters. The number of rotatable bonds is 1. The third-order valence-corrected chi connectivity index (χ3v) is 2.71. The van der Waals surface area contributed by atoms with Crippen LogP contribution in [0.5, 0.6) is 0 Å². The molecule has 0 aliphatic rings. The molecule has 0 saturated heterocycles. The highest BCUT2D eigenvalue weighted by molar-refractivity contribution is 5.39. The Hall–Kier alpha value is -2.18. The van der Waals surface area contributed by atoms with E-state index in [0.717, 1.165) is 12.1 Å². The van der Waals surface area contributed by atoms with E-state index in [9.17, 15) is 13.9 Å². The number of hydrogen-bond donors (Lipinski definition) is 1. The molecule has 96 valence electrons. The van der Waals surface area contributed by atoms with E-state index in [1.54, 1.807) is 31.2 Å². The van der Waals surface area contributed by atoms with Gasteiger partial charge in [-0.2, -0.15) is 0 Å². The van der Waals surface area contributed by atoms with Crippen molar-refractivity contribution in [2.24, 2.45) is 0 Å². The number of benzene rings is 2. The van der Waals surface area contributed by atoms with Crippen LogP contribution in [0.25, 0.3) is 0 Å². The molecule has 0 amide bonds. The van der Waals surface area contributed by atoms with Crippen molar-refractivity contribution in [3.63, 3.8) is 0 Å². The average molecular weight is 258 g/mol. The molecule has 0 heterocycles. The van der Waals surface area contributed by atoms with E-state index in [1.807, 2.05) is 6.07 Å². The van der Waals surface area contributed by atoms with Crippen LogP contribution < -0.4 is 0 Å². The molecule has 1 unspecified atom stereocenters. The second-order valence-corrected chi connectivity index (χ2v) is 4.32. The highest BCUT2D eigenvalue weighted by atomic mass is 19.2. The maximum Gasteiger partial charge on any atom is 0.160 e. The Morgan fingerprint density at radius 2 is 1.68 bits per heavy atom. The molecule has 0 saturated carbocycles.